The molecule has 84 valence electrons. The van der Waals surface area contributed by atoms with Gasteiger partial charge in [-0.1, -0.05) is 6.07 Å². The lowest BCUT2D eigenvalue weighted by Gasteiger charge is -1.99. The predicted octanol–water partition coefficient (Wildman–Crippen LogP) is 0.384. The molecule has 1 heterocycles. The zero-order valence-corrected chi connectivity index (χ0v) is 8.84. The maximum Gasteiger partial charge on any atom is 0.325 e. The number of amides is 1. The van der Waals surface area contributed by atoms with E-state index in [9.17, 15) is 9.59 Å². The Hall–Kier alpha value is -2.17. The van der Waals surface area contributed by atoms with Gasteiger partial charge in [0.25, 0.3) is 0 Å². The Morgan fingerprint density at radius 3 is 3.00 bits per heavy atom. The van der Waals surface area contributed by atoms with Gasteiger partial charge in [-0.3, -0.25) is 14.6 Å². The molecule has 0 aromatic carbocycles. The molecule has 0 spiro atoms. The van der Waals surface area contributed by atoms with E-state index in [1.54, 1.807) is 24.5 Å². The summed E-state index contributed by atoms with van der Waals surface area (Å²) in [7, 11) is 1.26. The smallest absolute Gasteiger partial charge is 0.325 e. The molecule has 0 fully saturated rings. The first-order valence-corrected chi connectivity index (χ1v) is 4.65. The zero-order valence-electron chi connectivity index (χ0n) is 8.84. The minimum Gasteiger partial charge on any atom is -0.468 e. The van der Waals surface area contributed by atoms with Crippen molar-refractivity contribution in [2.75, 3.05) is 13.7 Å². The lowest BCUT2D eigenvalue weighted by atomic mass is 10.2. The first kappa shape index (κ1) is 11.9. The van der Waals surface area contributed by atoms with Crippen LogP contribution in [0.25, 0.3) is 6.08 Å². The van der Waals surface area contributed by atoms with E-state index in [0.29, 0.717) is 0 Å². The van der Waals surface area contributed by atoms with Gasteiger partial charge in [-0.2, -0.15) is 0 Å². The largest absolute Gasteiger partial charge is 0.468 e. The van der Waals surface area contributed by atoms with Gasteiger partial charge in [0.2, 0.25) is 5.91 Å². The van der Waals surface area contributed by atoms with Crippen LogP contribution in [0.15, 0.2) is 30.6 Å². The van der Waals surface area contributed by atoms with Crippen LogP contribution in [-0.2, 0) is 14.3 Å². The number of hydrogen-bond donors (Lipinski definition) is 1. The molecule has 0 saturated heterocycles. The van der Waals surface area contributed by atoms with Crippen LogP contribution in [0.4, 0.5) is 0 Å². The molecular formula is C11H12N2O3. The van der Waals surface area contributed by atoms with E-state index in [1.165, 1.54) is 13.2 Å². The SMILES string of the molecule is COC(=O)CNC(=O)/C=C/c1cccnc1. The molecule has 1 amide bonds. The van der Waals surface area contributed by atoms with Crippen molar-refractivity contribution in [3.8, 4) is 0 Å². The molecule has 0 saturated carbocycles. The monoisotopic (exact) mass is 220 g/mol. The van der Waals surface area contributed by atoms with Crippen molar-refractivity contribution in [2.24, 2.45) is 0 Å². The number of rotatable bonds is 4. The molecule has 0 atom stereocenters. The van der Waals surface area contributed by atoms with E-state index in [-0.39, 0.29) is 12.5 Å². The van der Waals surface area contributed by atoms with Gasteiger partial charge in [0.05, 0.1) is 7.11 Å². The second kappa shape index (κ2) is 6.34. The number of aromatic nitrogens is 1. The van der Waals surface area contributed by atoms with E-state index in [2.05, 4.69) is 15.0 Å². The fourth-order valence-electron chi connectivity index (χ4n) is 0.937. The number of carbonyl (C=O) groups excluding carboxylic acids is 2. The van der Waals surface area contributed by atoms with Crippen molar-refractivity contribution in [1.82, 2.24) is 10.3 Å². The van der Waals surface area contributed by atoms with Crippen molar-refractivity contribution in [1.29, 1.82) is 0 Å². The van der Waals surface area contributed by atoms with Crippen LogP contribution in [0.1, 0.15) is 5.56 Å². The molecule has 1 aromatic rings. The molecule has 0 aliphatic heterocycles. The second-order valence-electron chi connectivity index (χ2n) is 2.91. The standard InChI is InChI=1S/C11H12N2O3/c1-16-11(15)8-13-10(14)5-4-9-3-2-6-12-7-9/h2-7H,8H2,1H3,(H,13,14)/b5-4+. The van der Waals surface area contributed by atoms with E-state index >= 15 is 0 Å². The Morgan fingerprint density at radius 2 is 2.38 bits per heavy atom. The average molecular weight is 220 g/mol. The van der Waals surface area contributed by atoms with Gasteiger partial charge in [-0.25, -0.2) is 0 Å². The van der Waals surface area contributed by atoms with Gasteiger partial charge < -0.3 is 10.1 Å². The number of esters is 1. The number of hydrogen-bond acceptors (Lipinski definition) is 4. The first-order valence-electron chi connectivity index (χ1n) is 4.65. The Morgan fingerprint density at radius 1 is 1.56 bits per heavy atom. The van der Waals surface area contributed by atoms with Crippen LogP contribution in [0.2, 0.25) is 0 Å². The number of nitrogens with zero attached hydrogens (tertiary/aromatic N) is 1. The Bertz CT molecular complexity index is 387. The number of nitrogens with one attached hydrogen (secondary N) is 1. The number of methoxy groups -OCH3 is 1. The summed E-state index contributed by atoms with van der Waals surface area (Å²) in [5.41, 5.74) is 0.815. The highest BCUT2D eigenvalue weighted by Crippen LogP contribution is 1.97. The first-order chi connectivity index (χ1) is 7.72. The molecule has 5 nitrogen and oxygen atoms in total. The van der Waals surface area contributed by atoms with Crippen LogP contribution in [-0.4, -0.2) is 30.5 Å². The molecule has 1 aromatic heterocycles. The van der Waals surface area contributed by atoms with Crippen LogP contribution >= 0.6 is 0 Å². The zero-order chi connectivity index (χ0) is 11.8. The second-order valence-corrected chi connectivity index (χ2v) is 2.91. The van der Waals surface area contributed by atoms with Gasteiger partial charge >= 0.3 is 5.97 Å². The van der Waals surface area contributed by atoms with Crippen LogP contribution in [0, 0.1) is 0 Å². The highest BCUT2D eigenvalue weighted by atomic mass is 16.5. The molecule has 0 bridgehead atoms. The lowest BCUT2D eigenvalue weighted by molar-refractivity contribution is -0.140. The Labute approximate surface area is 93.1 Å². The summed E-state index contributed by atoms with van der Waals surface area (Å²) in [6, 6.07) is 3.59. The van der Waals surface area contributed by atoms with E-state index in [0.717, 1.165) is 5.56 Å². The Balaban J connectivity index is 2.40. The third-order valence-corrected chi connectivity index (χ3v) is 1.75. The fourth-order valence-corrected chi connectivity index (χ4v) is 0.937. The van der Waals surface area contributed by atoms with Crippen molar-refractivity contribution in [2.45, 2.75) is 0 Å². The van der Waals surface area contributed by atoms with E-state index < -0.39 is 5.97 Å². The van der Waals surface area contributed by atoms with Crippen molar-refractivity contribution in [3.05, 3.63) is 36.2 Å². The minimum absolute atomic E-state index is 0.132. The summed E-state index contributed by atoms with van der Waals surface area (Å²) in [6.45, 7) is -0.132. The molecule has 1 N–H and O–H groups in total. The maximum absolute atomic E-state index is 11.2. The summed E-state index contributed by atoms with van der Waals surface area (Å²) in [5.74, 6) is -0.836. The lowest BCUT2D eigenvalue weighted by Crippen LogP contribution is -2.28. The topological polar surface area (TPSA) is 68.3 Å². The Kier molecular flexibility index (Phi) is 4.72. The number of carbonyl (C=O) groups is 2. The molecule has 16 heavy (non-hydrogen) atoms. The molecule has 0 radical (unpaired) electrons. The normalized spacial score (nSPS) is 10.1. The summed E-state index contributed by atoms with van der Waals surface area (Å²) in [5, 5.41) is 2.38. The van der Waals surface area contributed by atoms with Crippen molar-refractivity contribution < 1.29 is 14.3 Å². The highest BCUT2D eigenvalue weighted by molar-refractivity contribution is 5.93. The van der Waals surface area contributed by atoms with Crippen LogP contribution in [0.3, 0.4) is 0 Å². The summed E-state index contributed by atoms with van der Waals surface area (Å²) < 4.78 is 4.38. The van der Waals surface area contributed by atoms with Crippen molar-refractivity contribution >= 4 is 18.0 Å². The van der Waals surface area contributed by atoms with Crippen molar-refractivity contribution in [3.63, 3.8) is 0 Å². The molecular weight excluding hydrogens is 208 g/mol. The number of pyridine rings is 1. The van der Waals surface area contributed by atoms with E-state index in [1.807, 2.05) is 6.07 Å². The summed E-state index contributed by atoms with van der Waals surface area (Å²) in [6.07, 6.45) is 6.22. The summed E-state index contributed by atoms with van der Waals surface area (Å²) >= 11 is 0. The third-order valence-electron chi connectivity index (χ3n) is 1.75. The fraction of sp³-hybridized carbons (Fsp3) is 0.182. The average Bonchev–Trinajstić information content (AvgIpc) is 2.34. The highest BCUT2D eigenvalue weighted by Gasteiger charge is 2.01. The van der Waals surface area contributed by atoms with Crippen LogP contribution in [0.5, 0.6) is 0 Å². The molecule has 0 aliphatic rings. The molecule has 0 aliphatic carbocycles. The molecule has 0 unspecified atom stereocenters. The van der Waals surface area contributed by atoms with Crippen LogP contribution < -0.4 is 5.32 Å². The summed E-state index contributed by atoms with van der Waals surface area (Å²) in [4.78, 5) is 25.8. The third kappa shape index (κ3) is 4.36. The maximum atomic E-state index is 11.2. The van der Waals surface area contributed by atoms with E-state index in [4.69, 9.17) is 0 Å². The number of ether oxygens (including phenoxy) is 1. The minimum atomic E-state index is -0.483. The van der Waals surface area contributed by atoms with Gasteiger partial charge in [0, 0.05) is 18.5 Å². The van der Waals surface area contributed by atoms with Gasteiger partial charge in [-0.15, -0.1) is 0 Å². The predicted molar refractivity (Wildman–Crippen MR) is 58.3 cm³/mol. The molecule has 1 rings (SSSR count). The quantitative estimate of drug-likeness (QED) is 0.588. The van der Waals surface area contributed by atoms with Gasteiger partial charge in [0.1, 0.15) is 6.54 Å². The van der Waals surface area contributed by atoms with Gasteiger partial charge in [0.15, 0.2) is 0 Å². The van der Waals surface area contributed by atoms with Gasteiger partial charge in [-0.05, 0) is 17.7 Å². The molecule has 5 heteroatoms.